The van der Waals surface area contributed by atoms with E-state index in [1.807, 2.05) is 60.7 Å². The quantitative estimate of drug-likeness (QED) is 0.205. The molecule has 7 nitrogen and oxygen atoms in total. The largest absolute Gasteiger partial charge is 0.475 e. The first-order chi connectivity index (χ1) is 20.3. The molecule has 206 valence electrons. The first-order valence-electron chi connectivity index (χ1n) is 13.9. The number of ether oxygens (including phenoxy) is 4. The summed E-state index contributed by atoms with van der Waals surface area (Å²) in [5, 5.41) is 1.99. The van der Waals surface area contributed by atoms with Gasteiger partial charge in [-0.1, -0.05) is 84.9 Å². The van der Waals surface area contributed by atoms with E-state index in [4.69, 9.17) is 33.3 Å². The van der Waals surface area contributed by atoms with Gasteiger partial charge in [0.1, 0.15) is 36.5 Å². The zero-order valence-electron chi connectivity index (χ0n) is 22.6. The molecule has 0 saturated heterocycles. The number of fused-ring (bicyclic) bond motifs is 3. The van der Waals surface area contributed by atoms with Gasteiger partial charge in [0, 0.05) is 10.8 Å². The molecule has 0 aliphatic carbocycles. The zero-order valence-corrected chi connectivity index (χ0v) is 22.6. The molecule has 7 rings (SSSR count). The summed E-state index contributed by atoms with van der Waals surface area (Å²) in [4.78, 5) is 9.63. The first-order valence-corrected chi connectivity index (χ1v) is 13.9. The fourth-order valence-electron chi connectivity index (χ4n) is 5.23. The van der Waals surface area contributed by atoms with E-state index in [0.717, 1.165) is 44.2 Å². The second kappa shape index (κ2) is 11.6. The molecule has 0 saturated carbocycles. The van der Waals surface area contributed by atoms with Crippen molar-refractivity contribution in [2.75, 3.05) is 26.4 Å². The molecule has 41 heavy (non-hydrogen) atoms. The Bertz CT molecular complexity index is 1590. The lowest BCUT2D eigenvalue weighted by molar-refractivity contribution is 0.100. The Kier molecular flexibility index (Phi) is 7.20. The standard InChI is InChI=1S/C34H30N2O5/c1-3-9-23(10-4-1)17-37-19-25-21-39-33(35-25)29-15-7-13-27-28-14-8-16-30(32(28)41-31(27)29)34-36-26(22-40-34)20-38-18-24-11-5-2-6-12-24/h1-16,25-26H,17-22H2/t25-,26-/m1/s1. The number of para-hydroxylation sites is 2. The average Bonchev–Trinajstić information content (AvgIpc) is 3.77. The molecule has 2 aliphatic rings. The van der Waals surface area contributed by atoms with Crippen molar-refractivity contribution in [2.45, 2.75) is 25.3 Å². The third-order valence-corrected chi connectivity index (χ3v) is 7.25. The van der Waals surface area contributed by atoms with Gasteiger partial charge in [0.25, 0.3) is 0 Å². The Morgan fingerprint density at radius 2 is 1.02 bits per heavy atom. The number of aliphatic imine (C=N–C) groups is 2. The van der Waals surface area contributed by atoms with Crippen molar-refractivity contribution in [2.24, 2.45) is 9.98 Å². The van der Waals surface area contributed by atoms with E-state index in [1.165, 1.54) is 0 Å². The Balaban J connectivity index is 1.09. The number of rotatable bonds is 10. The Labute approximate surface area is 238 Å². The topological polar surface area (TPSA) is 74.8 Å². The van der Waals surface area contributed by atoms with Gasteiger partial charge in [-0.3, -0.25) is 0 Å². The van der Waals surface area contributed by atoms with Gasteiger partial charge < -0.3 is 23.4 Å². The molecule has 2 atom stereocenters. The Morgan fingerprint density at radius 1 is 0.561 bits per heavy atom. The van der Waals surface area contributed by atoms with E-state index in [2.05, 4.69) is 36.4 Å². The maximum absolute atomic E-state index is 6.50. The smallest absolute Gasteiger partial charge is 0.220 e. The summed E-state index contributed by atoms with van der Waals surface area (Å²) in [5.41, 5.74) is 5.41. The number of benzene rings is 4. The predicted molar refractivity (Wildman–Crippen MR) is 158 cm³/mol. The molecule has 5 aromatic rings. The monoisotopic (exact) mass is 546 g/mol. The molecular weight excluding hydrogens is 516 g/mol. The van der Waals surface area contributed by atoms with Crippen molar-refractivity contribution in [1.29, 1.82) is 0 Å². The van der Waals surface area contributed by atoms with Crippen molar-refractivity contribution in [3.63, 3.8) is 0 Å². The summed E-state index contributed by atoms with van der Waals surface area (Å²) >= 11 is 0. The van der Waals surface area contributed by atoms with Crippen molar-refractivity contribution in [3.8, 4) is 0 Å². The van der Waals surface area contributed by atoms with E-state index in [-0.39, 0.29) is 12.1 Å². The third-order valence-electron chi connectivity index (χ3n) is 7.25. The van der Waals surface area contributed by atoms with Gasteiger partial charge in [0.15, 0.2) is 0 Å². The summed E-state index contributed by atoms with van der Waals surface area (Å²) in [5.74, 6) is 1.16. The second-order valence-corrected chi connectivity index (χ2v) is 10.3. The van der Waals surface area contributed by atoms with Gasteiger partial charge in [0.05, 0.1) is 37.6 Å². The molecule has 0 bridgehead atoms. The van der Waals surface area contributed by atoms with Crippen LogP contribution in [0.2, 0.25) is 0 Å². The molecule has 0 radical (unpaired) electrons. The van der Waals surface area contributed by atoms with Crippen molar-refractivity contribution in [3.05, 3.63) is 119 Å². The van der Waals surface area contributed by atoms with Crippen LogP contribution in [0.15, 0.2) is 111 Å². The Hall–Kier alpha value is -4.46. The van der Waals surface area contributed by atoms with Crippen LogP contribution in [0, 0.1) is 0 Å². The average molecular weight is 547 g/mol. The summed E-state index contributed by atoms with van der Waals surface area (Å²) in [6.45, 7) is 3.04. The van der Waals surface area contributed by atoms with Crippen LogP contribution >= 0.6 is 0 Å². The van der Waals surface area contributed by atoms with Crippen LogP contribution in [0.25, 0.3) is 21.9 Å². The lowest BCUT2D eigenvalue weighted by Gasteiger charge is -2.06. The van der Waals surface area contributed by atoms with Crippen LogP contribution in [0.1, 0.15) is 22.3 Å². The molecule has 7 heteroatoms. The predicted octanol–water partition coefficient (Wildman–Crippen LogP) is 6.31. The van der Waals surface area contributed by atoms with Gasteiger partial charge in [-0.05, 0) is 23.3 Å². The highest BCUT2D eigenvalue weighted by atomic mass is 16.5. The zero-order chi connectivity index (χ0) is 27.4. The second-order valence-electron chi connectivity index (χ2n) is 10.3. The summed E-state index contributed by atoms with van der Waals surface area (Å²) in [7, 11) is 0. The van der Waals surface area contributed by atoms with E-state index >= 15 is 0 Å². The van der Waals surface area contributed by atoms with E-state index in [9.17, 15) is 0 Å². The van der Waals surface area contributed by atoms with Crippen LogP contribution < -0.4 is 0 Å². The number of hydrogen-bond acceptors (Lipinski definition) is 7. The molecule has 2 aliphatic heterocycles. The molecule has 0 fully saturated rings. The van der Waals surface area contributed by atoms with Gasteiger partial charge >= 0.3 is 0 Å². The maximum Gasteiger partial charge on any atom is 0.220 e. The number of hydrogen-bond donors (Lipinski definition) is 0. The fraction of sp³-hybridized carbons (Fsp3) is 0.235. The molecular formula is C34H30N2O5. The third kappa shape index (κ3) is 5.46. The number of furan rings is 1. The first kappa shape index (κ1) is 25.5. The van der Waals surface area contributed by atoms with Crippen LogP contribution in [-0.2, 0) is 32.2 Å². The number of nitrogens with zero attached hydrogens (tertiary/aromatic N) is 2. The highest BCUT2D eigenvalue weighted by Crippen LogP contribution is 2.35. The summed E-state index contributed by atoms with van der Waals surface area (Å²) in [6.07, 6.45) is 0. The highest BCUT2D eigenvalue weighted by molar-refractivity contribution is 6.17. The van der Waals surface area contributed by atoms with Crippen LogP contribution in [0.4, 0.5) is 0 Å². The highest BCUT2D eigenvalue weighted by Gasteiger charge is 2.27. The summed E-state index contributed by atoms with van der Waals surface area (Å²) < 4.78 is 30.4. The van der Waals surface area contributed by atoms with Crippen LogP contribution in [0.5, 0.6) is 0 Å². The van der Waals surface area contributed by atoms with Crippen molar-refractivity contribution < 1.29 is 23.4 Å². The van der Waals surface area contributed by atoms with Crippen LogP contribution in [0.3, 0.4) is 0 Å². The molecule has 0 amide bonds. The maximum atomic E-state index is 6.50. The van der Waals surface area contributed by atoms with Gasteiger partial charge in [0.2, 0.25) is 11.8 Å². The molecule has 3 heterocycles. The minimum absolute atomic E-state index is 0.0637. The van der Waals surface area contributed by atoms with E-state index in [1.54, 1.807) is 0 Å². The Morgan fingerprint density at radius 3 is 1.49 bits per heavy atom. The van der Waals surface area contributed by atoms with Gasteiger partial charge in [-0.25, -0.2) is 9.98 Å². The normalized spacial score (nSPS) is 18.3. The minimum Gasteiger partial charge on any atom is -0.475 e. The van der Waals surface area contributed by atoms with Crippen LogP contribution in [-0.4, -0.2) is 50.3 Å². The molecule has 1 aromatic heterocycles. The minimum atomic E-state index is -0.0637. The van der Waals surface area contributed by atoms with Crippen molar-refractivity contribution >= 4 is 33.7 Å². The molecule has 0 N–H and O–H groups in total. The SMILES string of the molecule is c1ccc(COC[C@@H]2COC(c3cccc4c3oc3c(C5=N[C@H](COCc6ccccc6)CO5)cccc34)=N2)cc1. The summed E-state index contributed by atoms with van der Waals surface area (Å²) in [6, 6.07) is 32.2. The molecule has 4 aromatic carbocycles. The van der Waals surface area contributed by atoms with E-state index in [0.29, 0.717) is 51.4 Å². The lowest BCUT2D eigenvalue weighted by Crippen LogP contribution is -2.14. The van der Waals surface area contributed by atoms with E-state index < -0.39 is 0 Å². The van der Waals surface area contributed by atoms with Crippen molar-refractivity contribution in [1.82, 2.24) is 0 Å². The van der Waals surface area contributed by atoms with Gasteiger partial charge in [-0.15, -0.1) is 0 Å². The molecule has 0 spiro atoms. The fourth-order valence-corrected chi connectivity index (χ4v) is 5.23. The van der Waals surface area contributed by atoms with Gasteiger partial charge in [-0.2, -0.15) is 0 Å². The lowest BCUT2D eigenvalue weighted by atomic mass is 10.1. The molecule has 0 unspecified atom stereocenters.